The number of aromatic nitrogens is 1. The minimum Gasteiger partial charge on any atom is -0.478 e. The van der Waals surface area contributed by atoms with Gasteiger partial charge in [0.1, 0.15) is 18.3 Å². The number of hydrogen-bond acceptors (Lipinski definition) is 4. The summed E-state index contributed by atoms with van der Waals surface area (Å²) in [6, 6.07) is 9.06. The number of carbonyl (C=O) groups is 4. The molecule has 0 radical (unpaired) electrons. The normalized spacial score (nSPS) is 19.3. The van der Waals surface area contributed by atoms with Crippen LogP contribution in [0.5, 0.6) is 0 Å². The van der Waals surface area contributed by atoms with Crippen molar-refractivity contribution in [2.45, 2.75) is 45.1 Å². The van der Waals surface area contributed by atoms with Crippen LogP contribution in [0.4, 0.5) is 8.87 Å². The van der Waals surface area contributed by atoms with Crippen molar-refractivity contribution in [3.63, 3.8) is 0 Å². The molecule has 37 heavy (non-hydrogen) atoms. The van der Waals surface area contributed by atoms with Gasteiger partial charge in [0.15, 0.2) is 5.78 Å². The van der Waals surface area contributed by atoms with Crippen LogP contribution >= 0.6 is 11.6 Å². The number of rotatable bonds is 7. The van der Waals surface area contributed by atoms with E-state index in [2.05, 4.69) is 0 Å². The number of carboxylic acids is 1. The highest BCUT2D eigenvalue weighted by Crippen LogP contribution is 2.33. The number of fused-ring (bicyclic) bond motifs is 1. The molecule has 1 saturated heterocycles. The Balaban J connectivity index is 1.61. The van der Waals surface area contributed by atoms with Crippen molar-refractivity contribution >= 4 is 46.1 Å². The van der Waals surface area contributed by atoms with Gasteiger partial charge in [-0.1, -0.05) is 34.3 Å². The van der Waals surface area contributed by atoms with E-state index in [0.29, 0.717) is 21.5 Å². The van der Waals surface area contributed by atoms with E-state index in [1.165, 1.54) is 48.9 Å². The van der Waals surface area contributed by atoms with Gasteiger partial charge in [-0.25, -0.2) is 9.18 Å². The van der Waals surface area contributed by atoms with Gasteiger partial charge in [0, 0.05) is 28.6 Å². The van der Waals surface area contributed by atoms with Crippen molar-refractivity contribution in [2.24, 2.45) is 0 Å². The zero-order valence-electron chi connectivity index (χ0n) is 20.1. The highest BCUT2D eigenvalue weighted by molar-refractivity contribution is 6.30. The van der Waals surface area contributed by atoms with Crippen LogP contribution in [0.15, 0.2) is 48.7 Å². The first-order chi connectivity index (χ1) is 17.4. The fourth-order valence-electron chi connectivity index (χ4n) is 4.63. The first-order valence-corrected chi connectivity index (χ1v) is 11.8. The number of amides is 2. The Morgan fingerprint density at radius 1 is 1.19 bits per heavy atom. The summed E-state index contributed by atoms with van der Waals surface area (Å²) in [6.45, 7) is 1.31. The van der Waals surface area contributed by atoms with Crippen LogP contribution in [-0.2, 0) is 22.7 Å². The molecule has 8 nitrogen and oxygen atoms in total. The molecular formula is C26H24ClF2N3O5. The number of benzene rings is 2. The number of aromatic carboxylic acids is 1. The number of carboxylic acid groups (broad SMARTS) is 1. The van der Waals surface area contributed by atoms with Crippen LogP contribution in [0.1, 0.15) is 46.5 Å². The third-order valence-corrected chi connectivity index (χ3v) is 6.60. The Morgan fingerprint density at radius 2 is 1.92 bits per heavy atom. The van der Waals surface area contributed by atoms with Gasteiger partial charge < -0.3 is 14.6 Å². The smallest absolute Gasteiger partial charge is 0.335 e. The number of Topliss-reactive ketones (excluding diaryl/α,β-unsaturated/α-hetero) is 1. The first-order valence-electron chi connectivity index (χ1n) is 11.4. The molecule has 2 amide bonds. The molecular weight excluding hydrogens is 508 g/mol. The summed E-state index contributed by atoms with van der Waals surface area (Å²) in [7, 11) is 0. The van der Waals surface area contributed by atoms with Crippen LogP contribution < -0.4 is 0 Å². The standard InChI is InChI=1S/C26H24ClF2N3O5/c1-15(33)20-12-30(21-9-17(25(36)37)6-7-19(20)21)13-23(34)31-14-26(2,28)10-22(31)24(35)32(29)11-16-4-3-5-18(27)8-16/h3-9,12,22H,10-11,13-14H2,1-2H3,(H,36,37)/t22-,26+/m0/s1. The molecule has 194 valence electrons. The zero-order chi connectivity index (χ0) is 27.1. The maximum absolute atomic E-state index is 15.0. The third kappa shape index (κ3) is 5.48. The highest BCUT2D eigenvalue weighted by Gasteiger charge is 2.48. The highest BCUT2D eigenvalue weighted by atomic mass is 35.5. The van der Waals surface area contributed by atoms with Gasteiger partial charge in [0.2, 0.25) is 5.91 Å². The summed E-state index contributed by atoms with van der Waals surface area (Å²) >= 11 is 5.92. The molecule has 2 heterocycles. The van der Waals surface area contributed by atoms with E-state index in [1.807, 2.05) is 0 Å². The Bertz CT molecular complexity index is 1420. The number of nitrogens with zero attached hydrogens (tertiary/aromatic N) is 3. The summed E-state index contributed by atoms with van der Waals surface area (Å²) in [5, 5.41) is 10.1. The summed E-state index contributed by atoms with van der Waals surface area (Å²) in [6.07, 6.45) is 1.03. The lowest BCUT2D eigenvalue weighted by Gasteiger charge is -2.26. The molecule has 0 spiro atoms. The topological polar surface area (TPSA) is 99.9 Å². The van der Waals surface area contributed by atoms with E-state index in [9.17, 15) is 33.2 Å². The Hall–Kier alpha value is -3.79. The van der Waals surface area contributed by atoms with E-state index in [1.54, 1.807) is 18.2 Å². The minimum absolute atomic E-state index is 0.0472. The Kier molecular flexibility index (Phi) is 7.05. The lowest BCUT2D eigenvalue weighted by Crippen LogP contribution is -2.46. The fourth-order valence-corrected chi connectivity index (χ4v) is 4.85. The SMILES string of the molecule is CC(=O)c1cn(CC(=O)N2C[C@](C)(F)C[C@H]2C(=O)N(F)Cc2cccc(Cl)c2)c2cc(C(=O)O)ccc12. The predicted molar refractivity (Wildman–Crippen MR) is 132 cm³/mol. The molecule has 11 heteroatoms. The van der Waals surface area contributed by atoms with Crippen molar-refractivity contribution in [1.29, 1.82) is 0 Å². The first kappa shape index (κ1) is 26.3. The van der Waals surface area contributed by atoms with Gasteiger partial charge in [-0.05, 0) is 43.7 Å². The Labute approximate surface area is 215 Å². The molecule has 0 unspecified atom stereocenters. The molecule has 1 fully saturated rings. The molecule has 1 aromatic heterocycles. The van der Waals surface area contributed by atoms with Crippen molar-refractivity contribution < 1.29 is 33.2 Å². The largest absolute Gasteiger partial charge is 0.478 e. The number of likely N-dealkylation sites (tertiary alicyclic amines) is 1. The van der Waals surface area contributed by atoms with Crippen LogP contribution in [0, 0.1) is 0 Å². The van der Waals surface area contributed by atoms with Crippen LogP contribution in [0.3, 0.4) is 0 Å². The maximum Gasteiger partial charge on any atom is 0.335 e. The van der Waals surface area contributed by atoms with Gasteiger partial charge in [-0.15, -0.1) is 0 Å². The molecule has 0 bridgehead atoms. The number of ketones is 1. The Morgan fingerprint density at radius 3 is 2.57 bits per heavy atom. The second-order valence-electron chi connectivity index (χ2n) is 9.41. The molecule has 4 rings (SSSR count). The number of carbonyl (C=O) groups excluding carboxylic acids is 3. The van der Waals surface area contributed by atoms with E-state index in [0.717, 1.165) is 4.90 Å². The molecule has 2 aromatic carbocycles. The summed E-state index contributed by atoms with van der Waals surface area (Å²) in [5.74, 6) is -3.22. The van der Waals surface area contributed by atoms with E-state index >= 15 is 0 Å². The molecule has 0 aliphatic carbocycles. The van der Waals surface area contributed by atoms with Gasteiger partial charge in [-0.2, -0.15) is 5.12 Å². The summed E-state index contributed by atoms with van der Waals surface area (Å²) in [5.41, 5.74) is -0.953. The average molecular weight is 532 g/mol. The van der Waals surface area contributed by atoms with Crippen molar-refractivity contribution in [2.75, 3.05) is 6.54 Å². The van der Waals surface area contributed by atoms with Gasteiger partial charge in [0.25, 0.3) is 5.91 Å². The van der Waals surface area contributed by atoms with Crippen LogP contribution in [-0.4, -0.2) is 61.5 Å². The van der Waals surface area contributed by atoms with Gasteiger partial charge in [0.05, 0.1) is 24.2 Å². The minimum atomic E-state index is -1.92. The quantitative estimate of drug-likeness (QED) is 0.359. The van der Waals surface area contributed by atoms with Crippen LogP contribution in [0.25, 0.3) is 10.9 Å². The van der Waals surface area contributed by atoms with Crippen LogP contribution in [0.2, 0.25) is 5.02 Å². The van der Waals surface area contributed by atoms with Gasteiger partial charge in [-0.3, -0.25) is 14.4 Å². The van der Waals surface area contributed by atoms with Crippen molar-refractivity contribution in [3.8, 4) is 0 Å². The number of halogens is 3. The molecule has 1 aliphatic rings. The molecule has 3 aromatic rings. The maximum atomic E-state index is 15.0. The van der Waals surface area contributed by atoms with E-state index < -0.39 is 49.1 Å². The average Bonchev–Trinajstić information content (AvgIpc) is 3.35. The van der Waals surface area contributed by atoms with E-state index in [4.69, 9.17) is 11.6 Å². The predicted octanol–water partition coefficient (Wildman–Crippen LogP) is 4.44. The monoisotopic (exact) mass is 531 g/mol. The second-order valence-corrected chi connectivity index (χ2v) is 9.84. The lowest BCUT2D eigenvalue weighted by atomic mass is 10.0. The number of alkyl halides is 1. The molecule has 2 atom stereocenters. The fraction of sp³-hybridized carbons (Fsp3) is 0.308. The molecule has 1 N–H and O–H groups in total. The zero-order valence-corrected chi connectivity index (χ0v) is 20.8. The number of hydrogen-bond donors (Lipinski definition) is 1. The van der Waals surface area contributed by atoms with E-state index in [-0.39, 0.29) is 28.5 Å². The third-order valence-electron chi connectivity index (χ3n) is 6.36. The molecule has 1 aliphatic heterocycles. The van der Waals surface area contributed by atoms with Gasteiger partial charge >= 0.3 is 5.97 Å². The van der Waals surface area contributed by atoms with Crippen molar-refractivity contribution in [3.05, 3.63) is 70.4 Å². The second kappa shape index (κ2) is 9.93. The summed E-state index contributed by atoms with van der Waals surface area (Å²) < 4.78 is 31.3. The van der Waals surface area contributed by atoms with Crippen molar-refractivity contribution in [1.82, 2.24) is 14.6 Å². The lowest BCUT2D eigenvalue weighted by molar-refractivity contribution is -0.156. The summed E-state index contributed by atoms with van der Waals surface area (Å²) in [4.78, 5) is 50.8. The molecule has 0 saturated carbocycles.